The third-order valence-electron chi connectivity index (χ3n) is 3.06. The lowest BCUT2D eigenvalue weighted by molar-refractivity contribution is 1.04. The molecule has 0 aliphatic heterocycles. The average Bonchev–Trinajstić information content (AvgIpc) is 2.54. The van der Waals surface area contributed by atoms with Gasteiger partial charge in [-0.15, -0.1) is 10.2 Å². The van der Waals surface area contributed by atoms with Gasteiger partial charge in [-0.25, -0.2) is 0 Å². The van der Waals surface area contributed by atoms with Crippen molar-refractivity contribution in [3.05, 3.63) is 59.8 Å². The van der Waals surface area contributed by atoms with Gasteiger partial charge in [-0.05, 0) is 12.1 Å². The second-order valence-electron chi connectivity index (χ2n) is 4.25. The molecule has 3 aromatic rings. The molecule has 92 valence electrons. The topological polar surface area (TPSA) is 73.4 Å². The van der Waals surface area contributed by atoms with Crippen molar-refractivity contribution < 1.29 is 0 Å². The minimum Gasteiger partial charge on any atom is -0.192 e. The number of hydrogen-bond donors (Lipinski definition) is 0. The van der Waals surface area contributed by atoms with Crippen LogP contribution in [-0.4, -0.2) is 10.2 Å². The predicted octanol–water partition coefficient (Wildman–Crippen LogP) is 3.04. The number of nitriles is 2. The van der Waals surface area contributed by atoms with Crippen molar-refractivity contribution in [3.63, 3.8) is 0 Å². The number of benzene rings is 2. The molecule has 0 N–H and O–H groups in total. The molecule has 0 unspecified atom stereocenters. The van der Waals surface area contributed by atoms with E-state index in [1.54, 1.807) is 12.1 Å². The second kappa shape index (κ2) is 4.79. The molecule has 0 saturated heterocycles. The molecule has 0 fully saturated rings. The number of hydrogen-bond acceptors (Lipinski definition) is 4. The van der Waals surface area contributed by atoms with Crippen LogP contribution >= 0.6 is 0 Å². The Morgan fingerprint density at radius 1 is 0.800 bits per heavy atom. The Hall–Kier alpha value is -3.24. The molecule has 0 aliphatic rings. The fraction of sp³-hybridized carbons (Fsp3) is 0. The smallest absolute Gasteiger partial charge is 0.171 e. The van der Waals surface area contributed by atoms with Crippen LogP contribution in [0.15, 0.2) is 48.5 Å². The molecule has 4 nitrogen and oxygen atoms in total. The number of rotatable bonds is 1. The summed E-state index contributed by atoms with van der Waals surface area (Å²) in [6, 6.07) is 18.9. The van der Waals surface area contributed by atoms with E-state index in [-0.39, 0.29) is 5.69 Å². The molecule has 0 saturated carbocycles. The molecule has 0 atom stereocenters. The van der Waals surface area contributed by atoms with Crippen molar-refractivity contribution in [3.8, 4) is 23.4 Å². The fourth-order valence-corrected chi connectivity index (χ4v) is 2.12. The number of aromatic nitrogens is 2. The maximum absolute atomic E-state index is 9.13. The van der Waals surface area contributed by atoms with Gasteiger partial charge in [-0.3, -0.25) is 0 Å². The Morgan fingerprint density at radius 2 is 1.60 bits per heavy atom. The van der Waals surface area contributed by atoms with Gasteiger partial charge in [0, 0.05) is 16.3 Å². The summed E-state index contributed by atoms with van der Waals surface area (Å²) in [4.78, 5) is 0. The average molecular weight is 256 g/mol. The van der Waals surface area contributed by atoms with Gasteiger partial charge in [0.25, 0.3) is 0 Å². The summed E-state index contributed by atoms with van der Waals surface area (Å²) < 4.78 is 0. The Bertz CT molecular complexity index is 871. The molecular formula is C16H8N4. The summed E-state index contributed by atoms with van der Waals surface area (Å²) in [6.07, 6.45) is 0. The first-order chi connectivity index (χ1) is 9.83. The van der Waals surface area contributed by atoms with E-state index in [0.29, 0.717) is 16.6 Å². The van der Waals surface area contributed by atoms with Gasteiger partial charge in [0.05, 0.1) is 11.6 Å². The van der Waals surface area contributed by atoms with Crippen LogP contribution < -0.4 is 0 Å². The zero-order chi connectivity index (χ0) is 13.9. The van der Waals surface area contributed by atoms with E-state index in [4.69, 9.17) is 10.5 Å². The fourth-order valence-electron chi connectivity index (χ4n) is 2.12. The Balaban J connectivity index is 2.37. The highest BCUT2D eigenvalue weighted by molar-refractivity contribution is 5.97. The lowest BCUT2D eigenvalue weighted by Gasteiger charge is -2.06. The van der Waals surface area contributed by atoms with Crippen LogP contribution in [-0.2, 0) is 0 Å². The molecule has 20 heavy (non-hydrogen) atoms. The van der Waals surface area contributed by atoms with Crippen LogP contribution in [0.4, 0.5) is 0 Å². The molecule has 4 heteroatoms. The molecule has 3 rings (SSSR count). The van der Waals surface area contributed by atoms with Crippen LogP contribution in [0, 0.1) is 22.7 Å². The van der Waals surface area contributed by atoms with Crippen molar-refractivity contribution in [2.75, 3.05) is 0 Å². The minimum absolute atomic E-state index is 0.233. The lowest BCUT2D eigenvalue weighted by Crippen LogP contribution is -1.95. The standard InChI is InChI=1S/C16H8N4/c17-9-11-6-7-13-14(8-11)15(10-18)19-20-16(13)12-4-2-1-3-5-12/h1-8H. The third kappa shape index (κ3) is 1.86. The van der Waals surface area contributed by atoms with E-state index in [9.17, 15) is 0 Å². The lowest BCUT2D eigenvalue weighted by atomic mass is 10.0. The quantitative estimate of drug-likeness (QED) is 0.670. The Kier molecular flexibility index (Phi) is 2.84. The molecule has 0 radical (unpaired) electrons. The van der Waals surface area contributed by atoms with E-state index < -0.39 is 0 Å². The largest absolute Gasteiger partial charge is 0.192 e. The predicted molar refractivity (Wildman–Crippen MR) is 74.4 cm³/mol. The molecule has 1 heterocycles. The van der Waals surface area contributed by atoms with Crippen molar-refractivity contribution in [2.45, 2.75) is 0 Å². The summed E-state index contributed by atoms with van der Waals surface area (Å²) >= 11 is 0. The monoisotopic (exact) mass is 256 g/mol. The molecule has 0 amide bonds. The molecule has 1 aromatic heterocycles. The van der Waals surface area contributed by atoms with Crippen LogP contribution in [0.1, 0.15) is 11.3 Å². The van der Waals surface area contributed by atoms with E-state index >= 15 is 0 Å². The van der Waals surface area contributed by atoms with Gasteiger partial charge in [0.1, 0.15) is 11.8 Å². The first kappa shape index (κ1) is 11.8. The molecule has 0 aliphatic carbocycles. The molecule has 2 aromatic carbocycles. The van der Waals surface area contributed by atoms with Crippen LogP contribution in [0.5, 0.6) is 0 Å². The Morgan fingerprint density at radius 3 is 2.30 bits per heavy atom. The van der Waals surface area contributed by atoms with E-state index in [1.807, 2.05) is 42.5 Å². The molecule has 0 spiro atoms. The van der Waals surface area contributed by atoms with Crippen molar-refractivity contribution in [1.82, 2.24) is 10.2 Å². The van der Waals surface area contributed by atoms with Crippen LogP contribution in [0.3, 0.4) is 0 Å². The highest BCUT2D eigenvalue weighted by Crippen LogP contribution is 2.27. The summed E-state index contributed by atoms with van der Waals surface area (Å²) in [5, 5.41) is 27.7. The molecule has 0 bridgehead atoms. The summed E-state index contributed by atoms with van der Waals surface area (Å²) in [6.45, 7) is 0. The summed E-state index contributed by atoms with van der Waals surface area (Å²) in [5.74, 6) is 0. The van der Waals surface area contributed by atoms with Crippen LogP contribution in [0.2, 0.25) is 0 Å². The van der Waals surface area contributed by atoms with Crippen molar-refractivity contribution in [2.24, 2.45) is 0 Å². The third-order valence-corrected chi connectivity index (χ3v) is 3.06. The number of fused-ring (bicyclic) bond motifs is 1. The summed E-state index contributed by atoms with van der Waals surface area (Å²) in [7, 11) is 0. The Labute approximate surface area is 115 Å². The normalized spacial score (nSPS) is 9.90. The maximum atomic E-state index is 9.13. The highest BCUT2D eigenvalue weighted by Gasteiger charge is 2.11. The summed E-state index contributed by atoms with van der Waals surface area (Å²) in [5.41, 5.74) is 2.38. The first-order valence-corrected chi connectivity index (χ1v) is 5.99. The van der Waals surface area contributed by atoms with Gasteiger partial charge in [-0.1, -0.05) is 36.4 Å². The zero-order valence-corrected chi connectivity index (χ0v) is 10.4. The van der Waals surface area contributed by atoms with E-state index in [0.717, 1.165) is 10.9 Å². The molecular weight excluding hydrogens is 248 g/mol. The number of nitrogens with zero attached hydrogens (tertiary/aromatic N) is 4. The minimum atomic E-state index is 0.233. The zero-order valence-electron chi connectivity index (χ0n) is 10.4. The maximum Gasteiger partial charge on any atom is 0.171 e. The van der Waals surface area contributed by atoms with E-state index in [1.165, 1.54) is 0 Å². The van der Waals surface area contributed by atoms with Gasteiger partial charge in [-0.2, -0.15) is 10.5 Å². The van der Waals surface area contributed by atoms with Gasteiger partial charge in [0.2, 0.25) is 0 Å². The second-order valence-corrected chi connectivity index (χ2v) is 4.25. The highest BCUT2D eigenvalue weighted by atomic mass is 15.1. The van der Waals surface area contributed by atoms with Crippen molar-refractivity contribution >= 4 is 10.8 Å². The van der Waals surface area contributed by atoms with Gasteiger partial charge in [0.15, 0.2) is 5.69 Å². The van der Waals surface area contributed by atoms with Crippen LogP contribution in [0.25, 0.3) is 22.0 Å². The SMILES string of the molecule is N#Cc1ccc2c(-c3ccccc3)nnc(C#N)c2c1. The van der Waals surface area contributed by atoms with Crippen molar-refractivity contribution in [1.29, 1.82) is 10.5 Å². The van der Waals surface area contributed by atoms with Gasteiger partial charge < -0.3 is 0 Å². The van der Waals surface area contributed by atoms with Gasteiger partial charge >= 0.3 is 0 Å². The van der Waals surface area contributed by atoms with E-state index in [2.05, 4.69) is 16.3 Å². The first-order valence-electron chi connectivity index (χ1n) is 5.99.